The fourth-order valence-electron chi connectivity index (χ4n) is 5.43. The maximum atomic E-state index is 13.8. The van der Waals surface area contributed by atoms with Crippen molar-refractivity contribution >= 4 is 16.1 Å². The zero-order valence-electron chi connectivity index (χ0n) is 11.1. The van der Waals surface area contributed by atoms with Gasteiger partial charge in [0.1, 0.15) is 0 Å². The van der Waals surface area contributed by atoms with Crippen molar-refractivity contribution in [2.45, 2.75) is 37.6 Å². The molecular weight excluding hydrogens is 287 g/mol. The standard InChI is InChI=1S/C13H17FO5S/c1-11(14,20(16,17)18)10(15)19-6-12-3-7-2-8-4-13(12,5-12)9(7)8/h7-9H,2-6H2,1H3,(H,16,17,18). The molecule has 4 fully saturated rings. The third-order valence-corrected chi connectivity index (χ3v) is 7.59. The summed E-state index contributed by atoms with van der Waals surface area (Å²) in [5.74, 6) is 0.815. The minimum Gasteiger partial charge on any atom is -0.462 e. The normalized spacial score (nSPS) is 50.0. The van der Waals surface area contributed by atoms with Crippen molar-refractivity contribution in [1.29, 1.82) is 0 Å². The highest BCUT2D eigenvalue weighted by molar-refractivity contribution is 7.87. The largest absolute Gasteiger partial charge is 0.462 e. The van der Waals surface area contributed by atoms with Crippen LogP contribution in [0.3, 0.4) is 0 Å². The Morgan fingerprint density at radius 3 is 2.65 bits per heavy atom. The molecule has 4 aliphatic rings. The Kier molecular flexibility index (Phi) is 2.09. The first-order valence-corrected chi connectivity index (χ1v) is 8.40. The summed E-state index contributed by atoms with van der Waals surface area (Å²) in [4.78, 5) is 11.6. The predicted molar refractivity (Wildman–Crippen MR) is 65.8 cm³/mol. The van der Waals surface area contributed by atoms with Gasteiger partial charge in [-0.15, -0.1) is 0 Å². The Bertz CT molecular complexity index is 614. The van der Waals surface area contributed by atoms with Crippen molar-refractivity contribution in [2.75, 3.05) is 6.61 Å². The van der Waals surface area contributed by atoms with Gasteiger partial charge in [-0.2, -0.15) is 8.42 Å². The average molecular weight is 304 g/mol. The first kappa shape index (κ1) is 13.0. The van der Waals surface area contributed by atoms with Gasteiger partial charge in [-0.25, -0.2) is 9.18 Å². The summed E-state index contributed by atoms with van der Waals surface area (Å²) in [6.07, 6.45) is 4.46. The zero-order chi connectivity index (χ0) is 14.6. The van der Waals surface area contributed by atoms with Crippen LogP contribution in [0, 0.1) is 28.6 Å². The van der Waals surface area contributed by atoms with Gasteiger partial charge in [-0.05, 0) is 55.8 Å². The predicted octanol–water partition coefficient (Wildman–Crippen LogP) is 1.54. The van der Waals surface area contributed by atoms with E-state index in [4.69, 9.17) is 9.29 Å². The van der Waals surface area contributed by atoms with Gasteiger partial charge in [0.15, 0.2) is 0 Å². The van der Waals surface area contributed by atoms with Gasteiger partial charge in [-0.1, -0.05) is 0 Å². The van der Waals surface area contributed by atoms with E-state index in [1.165, 1.54) is 12.8 Å². The van der Waals surface area contributed by atoms with E-state index in [9.17, 15) is 17.6 Å². The molecule has 1 N–H and O–H groups in total. The van der Waals surface area contributed by atoms with Crippen LogP contribution in [0.4, 0.5) is 4.39 Å². The molecule has 4 rings (SSSR count). The van der Waals surface area contributed by atoms with Crippen LogP contribution in [0.2, 0.25) is 0 Å². The lowest BCUT2D eigenvalue weighted by molar-refractivity contribution is -0.154. The highest BCUT2D eigenvalue weighted by atomic mass is 32.2. The van der Waals surface area contributed by atoms with Crippen LogP contribution < -0.4 is 0 Å². The second kappa shape index (κ2) is 3.21. The average Bonchev–Trinajstić information content (AvgIpc) is 2.89. The van der Waals surface area contributed by atoms with E-state index in [2.05, 4.69) is 0 Å². The molecule has 7 heteroatoms. The maximum Gasteiger partial charge on any atom is 0.362 e. The van der Waals surface area contributed by atoms with Gasteiger partial charge in [0, 0.05) is 5.41 Å². The second-order valence-corrected chi connectivity index (χ2v) is 8.99. The Labute approximate surface area is 116 Å². The Hall–Kier alpha value is -0.690. The fourth-order valence-corrected chi connectivity index (χ4v) is 5.70. The smallest absolute Gasteiger partial charge is 0.362 e. The number of alkyl halides is 1. The number of carbonyl (C=O) groups excluding carboxylic acids is 1. The Morgan fingerprint density at radius 1 is 1.45 bits per heavy atom. The number of ether oxygens (including phenoxy) is 1. The number of hydrogen-bond donors (Lipinski definition) is 1. The van der Waals surface area contributed by atoms with Crippen molar-refractivity contribution in [2.24, 2.45) is 28.6 Å². The minimum absolute atomic E-state index is 0.0414. The van der Waals surface area contributed by atoms with Gasteiger partial charge in [0.2, 0.25) is 0 Å². The number of esters is 1. The van der Waals surface area contributed by atoms with Crippen molar-refractivity contribution in [3.05, 3.63) is 0 Å². The summed E-state index contributed by atoms with van der Waals surface area (Å²) in [7, 11) is -5.11. The molecule has 6 atom stereocenters. The number of hydrogen-bond acceptors (Lipinski definition) is 4. The lowest BCUT2D eigenvalue weighted by atomic mass is 9.48. The molecule has 0 aromatic rings. The van der Waals surface area contributed by atoms with E-state index in [0.29, 0.717) is 12.3 Å². The molecule has 0 aliphatic heterocycles. The van der Waals surface area contributed by atoms with E-state index in [-0.39, 0.29) is 12.0 Å². The van der Waals surface area contributed by atoms with Crippen LogP contribution in [0.5, 0.6) is 0 Å². The molecule has 0 bridgehead atoms. The van der Waals surface area contributed by atoms with E-state index in [1.807, 2.05) is 0 Å². The Morgan fingerprint density at radius 2 is 2.10 bits per heavy atom. The molecule has 0 radical (unpaired) electrons. The summed E-state index contributed by atoms with van der Waals surface area (Å²) in [6, 6.07) is 0. The molecule has 4 aliphatic carbocycles. The third-order valence-electron chi connectivity index (χ3n) is 6.45. The van der Waals surface area contributed by atoms with E-state index < -0.39 is 21.1 Å². The van der Waals surface area contributed by atoms with E-state index >= 15 is 0 Å². The molecule has 0 aromatic heterocycles. The molecule has 0 heterocycles. The Balaban J connectivity index is 1.44. The SMILES string of the molecule is CC(F)(C(=O)OCC12CC3CC4CC1(C2)C34)S(=O)(=O)O. The lowest BCUT2D eigenvalue weighted by Crippen LogP contribution is -2.50. The lowest BCUT2D eigenvalue weighted by Gasteiger charge is -2.56. The number of rotatable bonds is 4. The summed E-state index contributed by atoms with van der Waals surface area (Å²) in [6.45, 7) is 0.600. The summed E-state index contributed by atoms with van der Waals surface area (Å²) in [5.41, 5.74) is 0.256. The third kappa shape index (κ3) is 1.23. The molecule has 5 nitrogen and oxygen atoms in total. The first-order chi connectivity index (χ1) is 9.13. The quantitative estimate of drug-likeness (QED) is 0.629. The van der Waals surface area contributed by atoms with Crippen molar-refractivity contribution in [3.8, 4) is 0 Å². The van der Waals surface area contributed by atoms with Gasteiger partial charge < -0.3 is 4.74 Å². The minimum atomic E-state index is -5.11. The van der Waals surface area contributed by atoms with E-state index in [1.54, 1.807) is 0 Å². The zero-order valence-corrected chi connectivity index (χ0v) is 12.0. The van der Waals surface area contributed by atoms with Gasteiger partial charge in [-0.3, -0.25) is 4.55 Å². The topological polar surface area (TPSA) is 80.7 Å². The molecule has 4 saturated carbocycles. The summed E-state index contributed by atoms with van der Waals surface area (Å²) < 4.78 is 49.1. The highest BCUT2D eigenvalue weighted by Crippen LogP contribution is 2.91. The van der Waals surface area contributed by atoms with E-state index in [0.717, 1.165) is 30.6 Å². The molecule has 0 aromatic carbocycles. The van der Waals surface area contributed by atoms with Crippen molar-refractivity contribution in [1.82, 2.24) is 0 Å². The van der Waals surface area contributed by atoms with Crippen LogP contribution in [0.25, 0.3) is 0 Å². The van der Waals surface area contributed by atoms with Crippen LogP contribution >= 0.6 is 0 Å². The van der Waals surface area contributed by atoms with Crippen molar-refractivity contribution in [3.63, 3.8) is 0 Å². The molecule has 0 amide bonds. The molecular formula is C13H17FO5S. The van der Waals surface area contributed by atoms with Crippen LogP contribution in [-0.4, -0.2) is 30.5 Å². The second-order valence-electron chi connectivity index (χ2n) is 7.27. The number of halogens is 1. The van der Waals surface area contributed by atoms with Gasteiger partial charge in [0.25, 0.3) is 0 Å². The molecule has 0 saturated heterocycles. The van der Waals surface area contributed by atoms with Crippen LogP contribution in [0.15, 0.2) is 0 Å². The van der Waals surface area contributed by atoms with Crippen LogP contribution in [-0.2, 0) is 19.6 Å². The summed E-state index contributed by atoms with van der Waals surface area (Å²) in [5, 5.41) is -3.38. The monoisotopic (exact) mass is 304 g/mol. The molecule has 6 unspecified atom stereocenters. The van der Waals surface area contributed by atoms with Gasteiger partial charge in [0.05, 0.1) is 6.61 Å². The molecule has 20 heavy (non-hydrogen) atoms. The van der Waals surface area contributed by atoms with Crippen molar-refractivity contribution < 1.29 is 26.9 Å². The number of carbonyl (C=O) groups is 1. The molecule has 112 valence electrons. The highest BCUT2D eigenvalue weighted by Gasteiger charge is 2.85. The van der Waals surface area contributed by atoms with Crippen LogP contribution in [0.1, 0.15) is 32.6 Å². The first-order valence-electron chi connectivity index (χ1n) is 6.96. The summed E-state index contributed by atoms with van der Waals surface area (Å²) >= 11 is 0. The molecule has 1 spiro atoms. The van der Waals surface area contributed by atoms with Gasteiger partial charge >= 0.3 is 21.1 Å². The fraction of sp³-hybridized carbons (Fsp3) is 0.923. The maximum absolute atomic E-state index is 13.8.